The summed E-state index contributed by atoms with van der Waals surface area (Å²) in [5, 5.41) is 0. The lowest BCUT2D eigenvalue weighted by Gasteiger charge is -2.28. The molecule has 1 aliphatic rings. The van der Waals surface area contributed by atoms with Crippen LogP contribution in [-0.4, -0.2) is 31.3 Å². The molecule has 3 nitrogen and oxygen atoms in total. The highest BCUT2D eigenvalue weighted by Gasteiger charge is 2.16. The van der Waals surface area contributed by atoms with E-state index >= 15 is 0 Å². The lowest BCUT2D eigenvalue weighted by molar-refractivity contribution is 0.0215. The molecule has 4 heteroatoms. The van der Waals surface area contributed by atoms with Crippen molar-refractivity contribution in [2.45, 2.75) is 31.2 Å². The molecule has 94 valence electrons. The van der Waals surface area contributed by atoms with Gasteiger partial charge in [-0.05, 0) is 37.0 Å². The zero-order chi connectivity index (χ0) is 12.1. The van der Waals surface area contributed by atoms with Gasteiger partial charge in [0, 0.05) is 32.3 Å². The van der Waals surface area contributed by atoms with Crippen molar-refractivity contribution in [3.05, 3.63) is 23.9 Å². The number of aromatic nitrogens is 1. The van der Waals surface area contributed by atoms with E-state index in [1.807, 2.05) is 18.3 Å². The molecule has 0 spiro atoms. The Hall–Kier alpha value is -0.800. The Bertz CT molecular complexity index is 353. The number of halogens is 1. The van der Waals surface area contributed by atoms with Gasteiger partial charge in [-0.15, -0.1) is 11.6 Å². The number of ether oxygens (including phenoxy) is 1. The standard InChI is InChI=1S/C13H19ClN2O/c1-16(10-12-4-2-3-7-17-12)13-8-11(9-14)5-6-15-13/h5-6,8,12H,2-4,7,9-10H2,1H3. The predicted molar refractivity (Wildman–Crippen MR) is 70.7 cm³/mol. The van der Waals surface area contributed by atoms with Gasteiger partial charge >= 0.3 is 0 Å². The Balaban J connectivity index is 1.95. The molecule has 1 saturated heterocycles. The maximum Gasteiger partial charge on any atom is 0.128 e. The molecule has 0 aromatic carbocycles. The van der Waals surface area contributed by atoms with Crippen LogP contribution in [0.3, 0.4) is 0 Å². The third-order valence-electron chi connectivity index (χ3n) is 3.11. The van der Waals surface area contributed by atoms with Crippen molar-refractivity contribution in [2.75, 3.05) is 25.1 Å². The number of pyridine rings is 1. The summed E-state index contributed by atoms with van der Waals surface area (Å²) in [6.07, 6.45) is 5.77. The fourth-order valence-corrected chi connectivity index (χ4v) is 2.27. The monoisotopic (exact) mass is 254 g/mol. The molecule has 1 aliphatic heterocycles. The predicted octanol–water partition coefficient (Wildman–Crippen LogP) is 2.83. The van der Waals surface area contributed by atoms with Gasteiger partial charge in [0.05, 0.1) is 6.10 Å². The van der Waals surface area contributed by atoms with Gasteiger partial charge in [0.2, 0.25) is 0 Å². The number of alkyl halides is 1. The van der Waals surface area contributed by atoms with Crippen LogP contribution in [0.15, 0.2) is 18.3 Å². The topological polar surface area (TPSA) is 25.4 Å². The molecule has 0 saturated carbocycles. The summed E-state index contributed by atoms with van der Waals surface area (Å²) in [5.41, 5.74) is 1.10. The Labute approximate surface area is 108 Å². The third-order valence-corrected chi connectivity index (χ3v) is 3.42. The summed E-state index contributed by atoms with van der Waals surface area (Å²) in [5.74, 6) is 1.50. The van der Waals surface area contributed by atoms with Crippen LogP contribution < -0.4 is 4.90 Å². The lowest BCUT2D eigenvalue weighted by atomic mass is 10.1. The normalized spacial score (nSPS) is 20.2. The van der Waals surface area contributed by atoms with E-state index in [1.54, 1.807) is 0 Å². The Kier molecular flexibility index (Phi) is 4.63. The van der Waals surface area contributed by atoms with Crippen molar-refractivity contribution in [3.8, 4) is 0 Å². The molecule has 2 rings (SSSR count). The summed E-state index contributed by atoms with van der Waals surface area (Å²) < 4.78 is 5.73. The van der Waals surface area contributed by atoms with Gasteiger partial charge in [-0.25, -0.2) is 4.98 Å². The fraction of sp³-hybridized carbons (Fsp3) is 0.615. The summed E-state index contributed by atoms with van der Waals surface area (Å²) in [7, 11) is 2.05. The molecule has 17 heavy (non-hydrogen) atoms. The average molecular weight is 255 g/mol. The fourth-order valence-electron chi connectivity index (χ4n) is 2.10. The van der Waals surface area contributed by atoms with E-state index < -0.39 is 0 Å². The molecule has 0 N–H and O–H groups in total. The highest BCUT2D eigenvalue weighted by atomic mass is 35.5. The van der Waals surface area contributed by atoms with Crippen molar-refractivity contribution < 1.29 is 4.74 Å². The van der Waals surface area contributed by atoms with Gasteiger partial charge in [-0.2, -0.15) is 0 Å². The van der Waals surface area contributed by atoms with Crippen LogP contribution in [0.4, 0.5) is 5.82 Å². The molecule has 0 amide bonds. The second-order valence-electron chi connectivity index (χ2n) is 4.53. The van der Waals surface area contributed by atoms with Crippen molar-refractivity contribution in [1.82, 2.24) is 4.98 Å². The van der Waals surface area contributed by atoms with Crippen molar-refractivity contribution >= 4 is 17.4 Å². The van der Waals surface area contributed by atoms with Crippen molar-refractivity contribution in [3.63, 3.8) is 0 Å². The number of nitrogens with zero attached hydrogens (tertiary/aromatic N) is 2. The van der Waals surface area contributed by atoms with Gasteiger partial charge in [0.1, 0.15) is 5.82 Å². The molecular weight excluding hydrogens is 236 g/mol. The van der Waals surface area contributed by atoms with E-state index in [9.17, 15) is 0 Å². The smallest absolute Gasteiger partial charge is 0.128 e. The largest absolute Gasteiger partial charge is 0.376 e. The van der Waals surface area contributed by atoms with Gasteiger partial charge < -0.3 is 9.64 Å². The first kappa shape index (κ1) is 12.7. The molecule has 1 unspecified atom stereocenters. The van der Waals surface area contributed by atoms with E-state index in [-0.39, 0.29) is 0 Å². The highest BCUT2D eigenvalue weighted by molar-refractivity contribution is 6.17. The van der Waals surface area contributed by atoms with Gasteiger partial charge in [-0.1, -0.05) is 0 Å². The van der Waals surface area contributed by atoms with Crippen LogP contribution in [0.5, 0.6) is 0 Å². The summed E-state index contributed by atoms with van der Waals surface area (Å²) in [4.78, 5) is 6.51. The molecule has 2 heterocycles. The van der Waals surface area contributed by atoms with Crippen molar-refractivity contribution in [1.29, 1.82) is 0 Å². The van der Waals surface area contributed by atoms with Gasteiger partial charge in [0.25, 0.3) is 0 Å². The first-order valence-electron chi connectivity index (χ1n) is 6.13. The summed E-state index contributed by atoms with van der Waals surface area (Å²) in [6, 6.07) is 3.98. The SMILES string of the molecule is CN(CC1CCCCO1)c1cc(CCl)ccn1. The zero-order valence-corrected chi connectivity index (χ0v) is 11.0. The first-order chi connectivity index (χ1) is 8.29. The molecule has 1 atom stereocenters. The number of anilines is 1. The molecule has 0 bridgehead atoms. The number of likely N-dealkylation sites (N-methyl/N-ethyl adjacent to an activating group) is 1. The summed E-state index contributed by atoms with van der Waals surface area (Å²) >= 11 is 5.82. The van der Waals surface area contributed by atoms with Crippen LogP contribution in [-0.2, 0) is 10.6 Å². The quantitative estimate of drug-likeness (QED) is 0.773. The van der Waals surface area contributed by atoms with Crippen molar-refractivity contribution in [2.24, 2.45) is 0 Å². The highest BCUT2D eigenvalue weighted by Crippen LogP contribution is 2.17. The van der Waals surface area contributed by atoms with E-state index in [0.717, 1.165) is 31.0 Å². The second kappa shape index (κ2) is 6.22. The second-order valence-corrected chi connectivity index (χ2v) is 4.79. The lowest BCUT2D eigenvalue weighted by Crippen LogP contribution is -2.33. The van der Waals surface area contributed by atoms with Crippen LogP contribution in [0, 0.1) is 0 Å². The van der Waals surface area contributed by atoms with E-state index in [4.69, 9.17) is 16.3 Å². The molecule has 0 radical (unpaired) electrons. The van der Waals surface area contributed by atoms with E-state index in [2.05, 4.69) is 16.9 Å². The maximum absolute atomic E-state index is 5.82. The van der Waals surface area contributed by atoms with E-state index in [1.165, 1.54) is 12.8 Å². The molecule has 1 aromatic heterocycles. The third kappa shape index (κ3) is 3.58. The number of rotatable bonds is 4. The van der Waals surface area contributed by atoms with Crippen LogP contribution in [0.25, 0.3) is 0 Å². The Morgan fingerprint density at radius 1 is 1.53 bits per heavy atom. The number of hydrogen-bond donors (Lipinski definition) is 0. The first-order valence-corrected chi connectivity index (χ1v) is 6.66. The Morgan fingerprint density at radius 3 is 3.12 bits per heavy atom. The zero-order valence-electron chi connectivity index (χ0n) is 10.2. The van der Waals surface area contributed by atoms with Gasteiger partial charge in [-0.3, -0.25) is 0 Å². The minimum Gasteiger partial charge on any atom is -0.376 e. The molecule has 1 aromatic rings. The van der Waals surface area contributed by atoms with E-state index in [0.29, 0.717) is 12.0 Å². The van der Waals surface area contributed by atoms with Crippen LogP contribution in [0.1, 0.15) is 24.8 Å². The minimum absolute atomic E-state index is 0.343. The van der Waals surface area contributed by atoms with Crippen LogP contribution in [0.2, 0.25) is 0 Å². The summed E-state index contributed by atoms with van der Waals surface area (Å²) in [6.45, 7) is 1.80. The molecule has 1 fully saturated rings. The Morgan fingerprint density at radius 2 is 2.41 bits per heavy atom. The number of hydrogen-bond acceptors (Lipinski definition) is 3. The average Bonchev–Trinajstić information content (AvgIpc) is 2.40. The molecule has 0 aliphatic carbocycles. The van der Waals surface area contributed by atoms with Gasteiger partial charge in [0.15, 0.2) is 0 Å². The maximum atomic E-state index is 5.82. The van der Waals surface area contributed by atoms with Crippen LogP contribution >= 0.6 is 11.6 Å². The molecular formula is C13H19ClN2O. The minimum atomic E-state index is 0.343.